The van der Waals surface area contributed by atoms with Crippen LogP contribution in [-0.4, -0.2) is 22.7 Å². The topological polar surface area (TPSA) is 81.9 Å². The molecule has 5 heteroatoms. The number of nitrogens with one attached hydrogen (secondary N) is 1. The van der Waals surface area contributed by atoms with E-state index in [2.05, 4.69) is 5.16 Å². The molecule has 0 saturated heterocycles. The van der Waals surface area contributed by atoms with Gasteiger partial charge in [-0.05, 0) is 0 Å². The second-order valence-electron chi connectivity index (χ2n) is 0.694. The van der Waals surface area contributed by atoms with Crippen LogP contribution < -0.4 is 5.32 Å². The summed E-state index contributed by atoms with van der Waals surface area (Å²) >= 11 is 0. The lowest BCUT2D eigenvalue weighted by Crippen LogP contribution is -2.17. The van der Waals surface area contributed by atoms with Crippen molar-refractivity contribution in [3.8, 4) is 0 Å². The van der Waals surface area contributed by atoms with Gasteiger partial charge in [-0.3, -0.25) is 5.32 Å². The van der Waals surface area contributed by atoms with E-state index in [-0.39, 0.29) is 0 Å². The van der Waals surface area contributed by atoms with E-state index < -0.39 is 6.09 Å². The van der Waals surface area contributed by atoms with Gasteiger partial charge in [0.25, 0.3) is 0 Å². The molecule has 0 radical (unpaired) electrons. The number of hydrogen-bond donors (Lipinski definition) is 3. The smallest absolute Gasteiger partial charge is 0.409 e. The molecule has 3 N–H and O–H groups in total. The molecule has 0 spiro atoms. The highest BCUT2D eigenvalue weighted by Crippen LogP contribution is 1.51. The van der Waals surface area contributed by atoms with Crippen molar-refractivity contribution in [3.05, 3.63) is 0 Å². The normalized spacial score (nSPS) is 9.14. The molecule has 0 rings (SSSR count). The average molecular weight is 104 g/mol. The third-order valence-corrected chi connectivity index (χ3v) is 0.246. The highest BCUT2D eigenvalue weighted by atomic mass is 16.4. The average Bonchev–Trinajstić information content (AvgIpc) is 1.61. The largest absolute Gasteiger partial charge is 0.465 e. The minimum absolute atomic E-state index is 0.655. The first-order valence-corrected chi connectivity index (χ1v) is 1.42. The van der Waals surface area contributed by atoms with Crippen LogP contribution in [0.1, 0.15) is 0 Å². The molecular formula is C2H4N2O3. The fourth-order valence-corrected chi connectivity index (χ4v) is 0.0841. The Labute approximate surface area is 39.3 Å². The van der Waals surface area contributed by atoms with Crippen molar-refractivity contribution in [2.24, 2.45) is 5.16 Å². The van der Waals surface area contributed by atoms with Crippen LogP contribution in [0, 0.1) is 0 Å². The van der Waals surface area contributed by atoms with Crippen molar-refractivity contribution >= 4 is 12.4 Å². The summed E-state index contributed by atoms with van der Waals surface area (Å²) in [4.78, 5) is 9.44. The molecule has 0 heterocycles. The minimum atomic E-state index is -1.25. The monoisotopic (exact) mass is 104 g/mol. The molecule has 40 valence electrons. The third-order valence-electron chi connectivity index (χ3n) is 0.246. The van der Waals surface area contributed by atoms with Crippen molar-refractivity contribution < 1.29 is 15.1 Å². The predicted octanol–water partition coefficient (Wildman–Crippen LogP) is -0.329. The second-order valence-corrected chi connectivity index (χ2v) is 0.694. The summed E-state index contributed by atoms with van der Waals surface area (Å²) in [7, 11) is 0. The van der Waals surface area contributed by atoms with Crippen molar-refractivity contribution in [2.45, 2.75) is 0 Å². The Morgan fingerprint density at radius 1 is 1.86 bits per heavy atom. The number of hydrogen-bond acceptors (Lipinski definition) is 3. The Balaban J connectivity index is 3.14. The molecule has 0 unspecified atom stereocenters. The van der Waals surface area contributed by atoms with Gasteiger partial charge in [0, 0.05) is 0 Å². The van der Waals surface area contributed by atoms with Gasteiger partial charge < -0.3 is 10.3 Å². The lowest BCUT2D eigenvalue weighted by atomic mass is 11.1. The van der Waals surface area contributed by atoms with Gasteiger partial charge in [0.15, 0.2) is 0 Å². The van der Waals surface area contributed by atoms with Gasteiger partial charge in [0.1, 0.15) is 6.34 Å². The Hall–Kier alpha value is -1.26. The summed E-state index contributed by atoms with van der Waals surface area (Å²) in [5.74, 6) is 0. The molecule has 0 aliphatic rings. The molecule has 7 heavy (non-hydrogen) atoms. The lowest BCUT2D eigenvalue weighted by Gasteiger charge is -1.81. The summed E-state index contributed by atoms with van der Waals surface area (Å²) in [6.45, 7) is 0. The molecule has 0 bridgehead atoms. The van der Waals surface area contributed by atoms with Gasteiger partial charge in [0.2, 0.25) is 0 Å². The molecule has 0 saturated carbocycles. The minimum Gasteiger partial charge on any atom is -0.465 e. The van der Waals surface area contributed by atoms with Gasteiger partial charge >= 0.3 is 6.09 Å². The maximum atomic E-state index is 9.44. The van der Waals surface area contributed by atoms with Crippen molar-refractivity contribution in [3.63, 3.8) is 0 Å². The van der Waals surface area contributed by atoms with E-state index in [0.717, 1.165) is 0 Å². The first-order chi connectivity index (χ1) is 3.27. The van der Waals surface area contributed by atoms with Gasteiger partial charge in [0.05, 0.1) is 0 Å². The molecule has 5 nitrogen and oxygen atoms in total. The standard InChI is InChI=1S/C2H4N2O3/c5-2(6)3-1-4-7/h1,7H,(H,3,4)(H,5,6). The van der Waals surface area contributed by atoms with E-state index in [1.165, 1.54) is 0 Å². The molecule has 0 aromatic rings. The summed E-state index contributed by atoms with van der Waals surface area (Å²) in [5, 5.41) is 19.3. The number of oxime groups is 1. The molecule has 0 aromatic heterocycles. The Morgan fingerprint density at radius 3 is 2.57 bits per heavy atom. The van der Waals surface area contributed by atoms with E-state index in [9.17, 15) is 4.79 Å². The maximum absolute atomic E-state index is 9.44. The van der Waals surface area contributed by atoms with E-state index in [0.29, 0.717) is 6.34 Å². The number of carbonyl (C=O) groups is 1. The van der Waals surface area contributed by atoms with Gasteiger partial charge in [-0.2, -0.15) is 0 Å². The quantitative estimate of drug-likeness (QED) is 0.184. The van der Waals surface area contributed by atoms with Crippen molar-refractivity contribution in [2.75, 3.05) is 0 Å². The van der Waals surface area contributed by atoms with E-state index in [4.69, 9.17) is 10.3 Å². The van der Waals surface area contributed by atoms with Crippen molar-refractivity contribution in [1.29, 1.82) is 0 Å². The highest BCUT2D eigenvalue weighted by Gasteiger charge is 1.83. The van der Waals surface area contributed by atoms with Crippen LogP contribution in [0.3, 0.4) is 0 Å². The zero-order valence-corrected chi connectivity index (χ0v) is 3.33. The van der Waals surface area contributed by atoms with Crippen LogP contribution >= 0.6 is 0 Å². The van der Waals surface area contributed by atoms with E-state index in [1.807, 2.05) is 0 Å². The summed E-state index contributed by atoms with van der Waals surface area (Å²) in [5.41, 5.74) is 0. The SMILES string of the molecule is O=C(O)N/C=N\O. The van der Waals surface area contributed by atoms with E-state index >= 15 is 0 Å². The first-order valence-electron chi connectivity index (χ1n) is 1.42. The molecule has 1 amide bonds. The fourth-order valence-electron chi connectivity index (χ4n) is 0.0841. The number of amides is 1. The zero-order chi connectivity index (χ0) is 5.70. The summed E-state index contributed by atoms with van der Waals surface area (Å²) in [6.07, 6.45) is -0.597. The van der Waals surface area contributed by atoms with Gasteiger partial charge in [-0.25, -0.2) is 4.79 Å². The van der Waals surface area contributed by atoms with Crippen LogP contribution in [0.25, 0.3) is 0 Å². The number of carboxylic acid groups (broad SMARTS) is 1. The molecular weight excluding hydrogens is 100 g/mol. The van der Waals surface area contributed by atoms with E-state index in [1.54, 1.807) is 5.32 Å². The van der Waals surface area contributed by atoms with Gasteiger partial charge in [-0.1, -0.05) is 5.16 Å². The molecule has 0 aliphatic heterocycles. The Kier molecular flexibility index (Phi) is 2.42. The number of nitrogens with zero attached hydrogens (tertiary/aromatic N) is 1. The molecule has 0 fully saturated rings. The highest BCUT2D eigenvalue weighted by molar-refractivity contribution is 5.80. The molecule has 0 atom stereocenters. The Bertz CT molecular complexity index is 88.9. The van der Waals surface area contributed by atoms with Crippen LogP contribution in [0.5, 0.6) is 0 Å². The second kappa shape index (κ2) is 2.95. The van der Waals surface area contributed by atoms with Gasteiger partial charge in [-0.15, -0.1) is 0 Å². The first kappa shape index (κ1) is 5.74. The molecule has 0 aliphatic carbocycles. The predicted molar refractivity (Wildman–Crippen MR) is 21.4 cm³/mol. The third kappa shape index (κ3) is 4.74. The van der Waals surface area contributed by atoms with Crippen LogP contribution in [0.4, 0.5) is 4.79 Å². The zero-order valence-electron chi connectivity index (χ0n) is 3.33. The van der Waals surface area contributed by atoms with Crippen LogP contribution in [0.15, 0.2) is 5.16 Å². The maximum Gasteiger partial charge on any atom is 0.409 e. The van der Waals surface area contributed by atoms with Crippen molar-refractivity contribution in [1.82, 2.24) is 5.32 Å². The summed E-state index contributed by atoms with van der Waals surface area (Å²) in [6, 6.07) is 0. The summed E-state index contributed by atoms with van der Waals surface area (Å²) < 4.78 is 0. The van der Waals surface area contributed by atoms with Crippen LogP contribution in [0.2, 0.25) is 0 Å². The van der Waals surface area contributed by atoms with Crippen LogP contribution in [-0.2, 0) is 0 Å². The molecule has 0 aromatic carbocycles. The lowest BCUT2D eigenvalue weighted by molar-refractivity contribution is 0.200. The fraction of sp³-hybridized carbons (Fsp3) is 0. The Morgan fingerprint density at radius 2 is 2.43 bits per heavy atom. The number of rotatable bonds is 1.